The largest absolute Gasteiger partial charge is 0.238 e. The van der Waals surface area contributed by atoms with Crippen LogP contribution in [-0.4, -0.2) is 22.6 Å². The first-order valence-electron chi connectivity index (χ1n) is 2.26. The van der Waals surface area contributed by atoms with Crippen LogP contribution >= 0.6 is 0 Å². The topological polar surface area (TPSA) is 75.9 Å². The van der Waals surface area contributed by atoms with Crippen LogP contribution < -0.4 is 0 Å². The molecule has 0 unspecified atom stereocenters. The highest BCUT2D eigenvalue weighted by Gasteiger charge is 2.12. The van der Waals surface area contributed by atoms with Crippen LogP contribution in [-0.2, 0) is 21.5 Å². The first kappa shape index (κ1) is 7.29. The van der Waals surface area contributed by atoms with Gasteiger partial charge in [0.25, 0.3) is 0 Å². The molecule has 0 aliphatic carbocycles. The van der Waals surface area contributed by atoms with Gasteiger partial charge in [-0.05, 0) is 0 Å². The van der Waals surface area contributed by atoms with Crippen molar-refractivity contribution in [1.82, 2.24) is 0 Å². The Morgan fingerprint density at radius 1 is 1.40 bits per heavy atom. The highest BCUT2D eigenvalue weighted by atomic mass is 32.2. The Bertz CT molecular complexity index is 351. The van der Waals surface area contributed by atoms with Crippen LogP contribution in [0.5, 0.6) is 0 Å². The van der Waals surface area contributed by atoms with Crippen LogP contribution in [0.2, 0.25) is 0 Å². The molecule has 0 aromatic heterocycles. The van der Waals surface area contributed by atoms with E-state index in [1.807, 2.05) is 0 Å². The van der Waals surface area contributed by atoms with Gasteiger partial charge in [0.05, 0.1) is 6.42 Å². The van der Waals surface area contributed by atoms with Crippen LogP contribution in [0.3, 0.4) is 0 Å². The summed E-state index contributed by atoms with van der Waals surface area (Å²) in [6.07, 6.45) is 0.0459. The predicted molar refractivity (Wildman–Crippen MR) is 36.5 cm³/mol. The van der Waals surface area contributed by atoms with Crippen molar-refractivity contribution in [3.05, 3.63) is 0 Å². The minimum Gasteiger partial charge on any atom is -0.210 e. The Kier molecular flexibility index (Phi) is 2.07. The zero-order chi connectivity index (χ0) is 7.56. The van der Waals surface area contributed by atoms with Crippen molar-refractivity contribution in [3.63, 3.8) is 0 Å². The number of azo groups is 1. The van der Waals surface area contributed by atoms with Gasteiger partial charge in [0.1, 0.15) is 11.3 Å². The molecule has 0 amide bonds. The summed E-state index contributed by atoms with van der Waals surface area (Å²) < 4.78 is 30.3. The lowest BCUT2D eigenvalue weighted by atomic mass is 10.5. The molecule has 1 rings (SSSR count). The summed E-state index contributed by atoms with van der Waals surface area (Å²) in [5.74, 6) is 0. The van der Waals surface area contributed by atoms with Gasteiger partial charge in [-0.2, -0.15) is 8.42 Å². The first-order chi connectivity index (χ1) is 4.74. The first-order valence-corrected chi connectivity index (χ1v) is 4.08. The molecule has 0 atom stereocenters. The molecule has 0 saturated carbocycles. The number of nitrogens with zero attached hydrogens (tertiary/aromatic N) is 2. The Balaban J connectivity index is 3.14. The van der Waals surface area contributed by atoms with E-state index in [1.54, 1.807) is 0 Å². The van der Waals surface area contributed by atoms with E-state index in [1.165, 1.54) is 0 Å². The van der Waals surface area contributed by atoms with Crippen molar-refractivity contribution >= 4 is 31.5 Å². The molecule has 0 bridgehead atoms. The lowest BCUT2D eigenvalue weighted by molar-refractivity contribution is 0.626. The second-order valence-electron chi connectivity index (χ2n) is 1.48. The van der Waals surface area contributed by atoms with Crippen LogP contribution in [0, 0.1) is 0 Å². The number of rotatable bonds is 0. The maximum absolute atomic E-state index is 10.1. The Labute approximate surface area is 61.4 Å². The van der Waals surface area contributed by atoms with Gasteiger partial charge < -0.3 is 0 Å². The molecule has 1 aliphatic rings. The van der Waals surface area contributed by atoms with Gasteiger partial charge in [-0.3, -0.25) is 0 Å². The highest BCUT2D eigenvalue weighted by Crippen LogP contribution is 2.00. The third kappa shape index (κ3) is 1.36. The smallest absolute Gasteiger partial charge is 0.210 e. The third-order valence-corrected chi connectivity index (χ3v) is 1.89. The van der Waals surface area contributed by atoms with E-state index in [9.17, 15) is 12.6 Å². The monoisotopic (exact) mass is 178 g/mol. The normalized spacial score (nSPS) is 16.0. The lowest BCUT2D eigenvalue weighted by Gasteiger charge is -1.73. The molecule has 1 heterocycles. The Morgan fingerprint density at radius 3 is 2.40 bits per heavy atom. The van der Waals surface area contributed by atoms with Crippen LogP contribution in [0.15, 0.2) is 10.2 Å². The number of hydrogen-bond donors (Lipinski definition) is 0. The van der Waals surface area contributed by atoms with Crippen molar-refractivity contribution in [1.29, 1.82) is 0 Å². The fourth-order valence-electron chi connectivity index (χ4n) is 0.450. The minimum atomic E-state index is -2.33. The summed E-state index contributed by atoms with van der Waals surface area (Å²) in [4.78, 5) is 0.123. The maximum Gasteiger partial charge on any atom is 0.238 e. The van der Waals surface area contributed by atoms with Crippen LogP contribution in [0.25, 0.3) is 0 Å². The summed E-state index contributed by atoms with van der Waals surface area (Å²) in [6.45, 7) is 0. The third-order valence-electron chi connectivity index (χ3n) is 0.864. The summed E-state index contributed by atoms with van der Waals surface area (Å²) in [6, 6.07) is 0. The molecule has 0 fully saturated rings. The summed E-state index contributed by atoms with van der Waals surface area (Å²) in [7, 11) is -2.33. The molecular formula is C3H2N2O3S2. The molecule has 0 N–H and O–H groups in total. The fourth-order valence-corrected chi connectivity index (χ4v) is 1.17. The van der Waals surface area contributed by atoms with Gasteiger partial charge in [-0.1, -0.05) is 0 Å². The van der Waals surface area contributed by atoms with Crippen LogP contribution in [0.1, 0.15) is 6.42 Å². The second-order valence-corrected chi connectivity index (χ2v) is 3.06. The molecule has 0 aromatic rings. The molecule has 0 radical (unpaired) electrons. The Morgan fingerprint density at radius 2 is 2.10 bits per heavy atom. The van der Waals surface area contributed by atoms with E-state index in [2.05, 4.69) is 10.2 Å². The van der Waals surface area contributed by atoms with Gasteiger partial charge >= 0.3 is 0 Å². The van der Waals surface area contributed by atoms with Crippen molar-refractivity contribution in [2.45, 2.75) is 6.42 Å². The molecule has 10 heavy (non-hydrogen) atoms. The van der Waals surface area contributed by atoms with Gasteiger partial charge in [-0.25, -0.2) is 4.21 Å². The average Bonchev–Trinajstić information content (AvgIpc) is 2.34. The van der Waals surface area contributed by atoms with Gasteiger partial charge in [0.2, 0.25) is 10.3 Å². The SMILES string of the molecule is O=S=C1CC(=S(=O)=O)N=N1. The average molecular weight is 178 g/mol. The van der Waals surface area contributed by atoms with Crippen molar-refractivity contribution < 1.29 is 12.6 Å². The zero-order valence-electron chi connectivity index (χ0n) is 4.64. The van der Waals surface area contributed by atoms with Crippen molar-refractivity contribution in [2.75, 3.05) is 0 Å². The second kappa shape index (κ2) is 2.84. The van der Waals surface area contributed by atoms with Gasteiger partial charge in [0, 0.05) is 0 Å². The van der Waals surface area contributed by atoms with E-state index in [0.717, 1.165) is 0 Å². The molecule has 0 aromatic carbocycles. The zero-order valence-corrected chi connectivity index (χ0v) is 6.28. The molecular weight excluding hydrogens is 176 g/mol. The van der Waals surface area contributed by atoms with E-state index in [4.69, 9.17) is 0 Å². The maximum atomic E-state index is 10.1. The molecule has 5 nitrogen and oxygen atoms in total. The highest BCUT2D eigenvalue weighted by molar-refractivity contribution is 7.73. The predicted octanol–water partition coefficient (Wildman–Crippen LogP) is -0.806. The van der Waals surface area contributed by atoms with Gasteiger partial charge in [0.15, 0.2) is 9.98 Å². The summed E-state index contributed by atoms with van der Waals surface area (Å²) in [5, 5.41) is 6.58. The quantitative estimate of drug-likeness (QED) is 0.455. The molecule has 1 aliphatic heterocycles. The standard InChI is InChI=1S/C3H2N2O3S2/c6-9-2-1-3(5-4-2)10(7)8/h1H2. The van der Waals surface area contributed by atoms with Gasteiger partial charge in [-0.15, -0.1) is 10.2 Å². The molecule has 0 spiro atoms. The molecule has 54 valence electrons. The Hall–Kier alpha value is -0.820. The minimum absolute atomic E-state index is 0.0459. The van der Waals surface area contributed by atoms with Crippen molar-refractivity contribution in [2.24, 2.45) is 10.2 Å². The van der Waals surface area contributed by atoms with Crippen molar-refractivity contribution in [3.8, 4) is 0 Å². The molecule has 7 heteroatoms. The lowest BCUT2D eigenvalue weighted by Crippen LogP contribution is -1.94. The summed E-state index contributed by atoms with van der Waals surface area (Å²) >= 11 is 0.166. The van der Waals surface area contributed by atoms with Crippen LogP contribution in [0.4, 0.5) is 0 Å². The van der Waals surface area contributed by atoms with E-state index in [-0.39, 0.29) is 27.7 Å². The van der Waals surface area contributed by atoms with E-state index in [0.29, 0.717) is 0 Å². The van der Waals surface area contributed by atoms with E-state index < -0.39 is 10.3 Å². The summed E-state index contributed by atoms with van der Waals surface area (Å²) in [5.41, 5.74) is 0. The van der Waals surface area contributed by atoms with E-state index >= 15 is 0 Å². The fraction of sp³-hybridized carbons (Fsp3) is 0.333. The number of hydrogen-bond acceptors (Lipinski definition) is 3. The molecule has 0 saturated heterocycles.